The van der Waals surface area contributed by atoms with E-state index in [0.29, 0.717) is 11.3 Å². The predicted octanol–water partition coefficient (Wildman–Crippen LogP) is 2.46. The first-order valence-electron chi connectivity index (χ1n) is 5.22. The van der Waals surface area contributed by atoms with Gasteiger partial charge in [-0.15, -0.1) is 0 Å². The molecule has 0 atom stereocenters. The van der Waals surface area contributed by atoms with Gasteiger partial charge in [0.2, 0.25) is 17.4 Å². The van der Waals surface area contributed by atoms with E-state index in [-0.39, 0.29) is 5.76 Å². The number of carbonyl (C=O) groups is 1. The van der Waals surface area contributed by atoms with E-state index in [1.165, 1.54) is 7.11 Å². The van der Waals surface area contributed by atoms with Gasteiger partial charge in [-0.2, -0.15) is 0 Å². The second kappa shape index (κ2) is 4.81. The third kappa shape index (κ3) is 2.39. The highest BCUT2D eigenvalue weighted by Gasteiger charge is 2.22. The lowest BCUT2D eigenvalue weighted by atomic mass is 10.1. The number of hydrogen-bond donors (Lipinski definition) is 4. The maximum Gasteiger partial charge on any atom is 0.411 e. The van der Waals surface area contributed by atoms with Crippen LogP contribution in [0.4, 0.5) is 10.7 Å². The number of nitrogens with one attached hydrogen (secondary N) is 1. The van der Waals surface area contributed by atoms with Crippen LogP contribution in [0, 0.1) is 0 Å². The summed E-state index contributed by atoms with van der Waals surface area (Å²) in [6, 6.07) is 6.55. The molecule has 0 spiro atoms. The molecule has 2 rings (SSSR count). The molecule has 0 aliphatic rings. The molecule has 0 saturated carbocycles. The molecular formula is C12H11NO6. The maximum absolute atomic E-state index is 10.5. The van der Waals surface area contributed by atoms with Crippen molar-refractivity contribution in [2.24, 2.45) is 0 Å². The molecule has 0 aliphatic heterocycles. The van der Waals surface area contributed by atoms with Crippen LogP contribution in [0.15, 0.2) is 28.7 Å². The van der Waals surface area contributed by atoms with Crippen molar-refractivity contribution >= 4 is 12.0 Å². The van der Waals surface area contributed by atoms with Gasteiger partial charge in [0.05, 0.1) is 7.11 Å². The molecular weight excluding hydrogens is 254 g/mol. The van der Waals surface area contributed by atoms with Crippen LogP contribution in [0.25, 0.3) is 11.3 Å². The summed E-state index contributed by atoms with van der Waals surface area (Å²) >= 11 is 0. The third-order valence-corrected chi connectivity index (χ3v) is 2.41. The molecule has 0 bridgehead atoms. The van der Waals surface area contributed by atoms with Crippen molar-refractivity contribution in [3.63, 3.8) is 0 Å². The Kier molecular flexibility index (Phi) is 3.19. The van der Waals surface area contributed by atoms with Gasteiger partial charge >= 0.3 is 6.09 Å². The number of benzene rings is 1. The Morgan fingerprint density at radius 2 is 2.05 bits per heavy atom. The molecule has 0 fully saturated rings. The third-order valence-electron chi connectivity index (χ3n) is 2.41. The van der Waals surface area contributed by atoms with Crippen molar-refractivity contribution in [3.05, 3.63) is 24.3 Å². The molecule has 2 aromatic rings. The predicted molar refractivity (Wildman–Crippen MR) is 65.7 cm³/mol. The zero-order chi connectivity index (χ0) is 14.0. The summed E-state index contributed by atoms with van der Waals surface area (Å²) in [7, 11) is 1.48. The van der Waals surface area contributed by atoms with Crippen LogP contribution < -0.4 is 10.1 Å². The minimum atomic E-state index is -1.42. The van der Waals surface area contributed by atoms with E-state index < -0.39 is 23.5 Å². The van der Waals surface area contributed by atoms with Gasteiger partial charge in [-0.3, -0.25) is 5.32 Å². The van der Waals surface area contributed by atoms with E-state index in [0.717, 1.165) is 0 Å². The monoisotopic (exact) mass is 265 g/mol. The second-order valence-corrected chi connectivity index (χ2v) is 3.62. The Labute approximate surface area is 107 Å². The molecule has 100 valence electrons. The smallest absolute Gasteiger partial charge is 0.411 e. The largest absolute Gasteiger partial charge is 0.502 e. The van der Waals surface area contributed by atoms with E-state index in [9.17, 15) is 15.0 Å². The highest BCUT2D eigenvalue weighted by atomic mass is 16.5. The first-order chi connectivity index (χ1) is 9.02. The van der Waals surface area contributed by atoms with Gasteiger partial charge in [0.15, 0.2) is 5.76 Å². The Balaban J connectivity index is 2.47. The van der Waals surface area contributed by atoms with Crippen LogP contribution >= 0.6 is 0 Å². The summed E-state index contributed by atoms with van der Waals surface area (Å²) < 4.78 is 10.1. The molecule has 1 amide bonds. The topological polar surface area (TPSA) is 112 Å². The van der Waals surface area contributed by atoms with E-state index in [2.05, 4.69) is 0 Å². The average Bonchev–Trinajstić information content (AvgIpc) is 2.67. The van der Waals surface area contributed by atoms with E-state index in [1.807, 2.05) is 5.32 Å². The van der Waals surface area contributed by atoms with Crippen molar-refractivity contribution in [2.75, 3.05) is 12.4 Å². The van der Waals surface area contributed by atoms with Crippen LogP contribution in [-0.2, 0) is 0 Å². The molecule has 1 aromatic carbocycles. The van der Waals surface area contributed by atoms with Gasteiger partial charge in [0.1, 0.15) is 5.75 Å². The number of carboxylic acid groups (broad SMARTS) is 1. The fraction of sp³-hybridized carbons (Fsp3) is 0.0833. The molecule has 0 saturated heterocycles. The van der Waals surface area contributed by atoms with Crippen molar-refractivity contribution in [1.29, 1.82) is 0 Å². The zero-order valence-electron chi connectivity index (χ0n) is 9.88. The molecule has 0 aliphatic carbocycles. The molecule has 0 radical (unpaired) electrons. The number of rotatable bonds is 3. The number of anilines is 1. The minimum Gasteiger partial charge on any atom is -0.502 e. The molecule has 1 heterocycles. The average molecular weight is 265 g/mol. The van der Waals surface area contributed by atoms with E-state index >= 15 is 0 Å². The van der Waals surface area contributed by atoms with E-state index in [4.69, 9.17) is 14.3 Å². The van der Waals surface area contributed by atoms with Gasteiger partial charge in [0, 0.05) is 5.56 Å². The van der Waals surface area contributed by atoms with Gasteiger partial charge < -0.3 is 24.5 Å². The molecule has 19 heavy (non-hydrogen) atoms. The highest BCUT2D eigenvalue weighted by molar-refractivity contribution is 5.86. The van der Waals surface area contributed by atoms with Crippen LogP contribution in [0.1, 0.15) is 0 Å². The Hall–Kier alpha value is -2.83. The number of hydrogen-bond acceptors (Lipinski definition) is 5. The first kappa shape index (κ1) is 12.6. The molecule has 7 heteroatoms. The Morgan fingerprint density at radius 3 is 2.68 bits per heavy atom. The van der Waals surface area contributed by atoms with Gasteiger partial charge in [-0.05, 0) is 12.1 Å². The lowest BCUT2D eigenvalue weighted by Gasteiger charge is -2.02. The summed E-state index contributed by atoms with van der Waals surface area (Å²) in [5, 5.41) is 29.7. The second-order valence-electron chi connectivity index (χ2n) is 3.62. The van der Waals surface area contributed by atoms with Crippen molar-refractivity contribution in [3.8, 4) is 28.6 Å². The summed E-state index contributed by atoms with van der Waals surface area (Å²) in [4.78, 5) is 10.5. The van der Waals surface area contributed by atoms with Crippen LogP contribution in [0.3, 0.4) is 0 Å². The first-order valence-corrected chi connectivity index (χ1v) is 5.22. The summed E-state index contributed by atoms with van der Waals surface area (Å²) in [5.41, 5.74) is 0.436. The molecule has 7 nitrogen and oxygen atoms in total. The molecule has 0 unspecified atom stereocenters. The Bertz CT molecular complexity index is 619. The fourth-order valence-corrected chi connectivity index (χ4v) is 1.56. The van der Waals surface area contributed by atoms with Gasteiger partial charge in [-0.25, -0.2) is 4.79 Å². The number of aromatic hydroxyl groups is 2. The SMILES string of the molecule is COc1cccc(-c2oc(NC(=O)O)c(O)c2O)c1. The van der Waals surface area contributed by atoms with Crippen LogP contribution in [0.5, 0.6) is 17.2 Å². The van der Waals surface area contributed by atoms with E-state index in [1.54, 1.807) is 24.3 Å². The summed E-state index contributed by atoms with van der Waals surface area (Å²) in [6.45, 7) is 0. The van der Waals surface area contributed by atoms with Crippen molar-refractivity contribution < 1.29 is 29.3 Å². The number of furan rings is 1. The highest BCUT2D eigenvalue weighted by Crippen LogP contribution is 2.45. The zero-order valence-corrected chi connectivity index (χ0v) is 9.88. The quantitative estimate of drug-likeness (QED) is 0.678. The van der Waals surface area contributed by atoms with Crippen LogP contribution in [-0.4, -0.2) is 28.5 Å². The maximum atomic E-state index is 10.5. The van der Waals surface area contributed by atoms with Crippen LogP contribution in [0.2, 0.25) is 0 Å². The minimum absolute atomic E-state index is 0.0554. The summed E-state index contributed by atoms with van der Waals surface area (Å²) in [6.07, 6.45) is -1.42. The fourth-order valence-electron chi connectivity index (χ4n) is 1.56. The lowest BCUT2D eigenvalue weighted by Crippen LogP contribution is -2.06. The Morgan fingerprint density at radius 1 is 1.32 bits per heavy atom. The normalized spacial score (nSPS) is 10.2. The van der Waals surface area contributed by atoms with Gasteiger partial charge in [0.25, 0.3) is 0 Å². The van der Waals surface area contributed by atoms with Gasteiger partial charge in [-0.1, -0.05) is 12.1 Å². The number of methoxy groups -OCH3 is 1. The molecule has 4 N–H and O–H groups in total. The lowest BCUT2D eigenvalue weighted by molar-refractivity contribution is 0.209. The number of amides is 1. The summed E-state index contributed by atoms with van der Waals surface area (Å²) in [5.74, 6) is -1.18. The number of ether oxygens (including phenoxy) is 1. The standard InChI is InChI=1S/C12H11NO6/c1-18-7-4-2-3-6(5-7)10-8(14)9(15)11(19-10)13-12(16)17/h2-5,13-15H,1H3,(H,16,17). The van der Waals surface area contributed by atoms with Crippen molar-refractivity contribution in [1.82, 2.24) is 0 Å². The molecule has 1 aromatic heterocycles. The van der Waals surface area contributed by atoms with Crippen molar-refractivity contribution in [2.45, 2.75) is 0 Å².